The van der Waals surface area contributed by atoms with Crippen LogP contribution in [0.1, 0.15) is 64.2 Å². The van der Waals surface area contributed by atoms with E-state index >= 15 is 0 Å². The van der Waals surface area contributed by atoms with Crippen molar-refractivity contribution in [2.45, 2.75) is 82.5 Å². The third-order valence-corrected chi connectivity index (χ3v) is 5.81. The molecule has 2 rings (SSSR count). The molecule has 4 N–H and O–H groups in total. The second-order valence-corrected chi connectivity index (χ2v) is 8.06. The molecule has 5 atom stereocenters. The SMILES string of the molecule is O=C(O)CCC/C=C\C[C@@H]1[C@@H](/C=C/[C@@H](O)C#CC2CCCCC2)[C@H](O)C[C@@H]1O. The minimum atomic E-state index is -0.848. The molecule has 0 amide bonds. The first-order valence-corrected chi connectivity index (χ1v) is 10.6. The van der Waals surface area contributed by atoms with Crippen LogP contribution in [0.3, 0.4) is 0 Å². The van der Waals surface area contributed by atoms with Crippen LogP contribution in [0.15, 0.2) is 24.3 Å². The molecule has 0 unspecified atom stereocenters. The summed E-state index contributed by atoms with van der Waals surface area (Å²) in [7, 11) is 0. The molecular weight excluding hydrogens is 356 g/mol. The monoisotopic (exact) mass is 390 g/mol. The predicted octanol–water partition coefficient (Wildman–Crippen LogP) is 3.05. The third-order valence-electron chi connectivity index (χ3n) is 5.81. The van der Waals surface area contributed by atoms with Crippen LogP contribution in [-0.2, 0) is 4.79 Å². The van der Waals surface area contributed by atoms with E-state index in [9.17, 15) is 20.1 Å². The molecule has 5 heteroatoms. The average Bonchev–Trinajstić information content (AvgIpc) is 2.94. The van der Waals surface area contributed by atoms with Gasteiger partial charge >= 0.3 is 5.97 Å². The van der Waals surface area contributed by atoms with Crippen LogP contribution in [-0.4, -0.2) is 44.7 Å². The molecule has 28 heavy (non-hydrogen) atoms. The number of hydrogen-bond donors (Lipinski definition) is 4. The lowest BCUT2D eigenvalue weighted by atomic mass is 9.89. The number of carboxylic acid groups (broad SMARTS) is 1. The fourth-order valence-corrected chi connectivity index (χ4v) is 4.18. The summed E-state index contributed by atoms with van der Waals surface area (Å²) in [6.45, 7) is 0. The first-order chi connectivity index (χ1) is 13.5. The Bertz CT molecular complexity index is 594. The highest BCUT2D eigenvalue weighted by Gasteiger charge is 2.39. The lowest BCUT2D eigenvalue weighted by Crippen LogP contribution is -2.20. The zero-order valence-electron chi connectivity index (χ0n) is 16.5. The summed E-state index contributed by atoms with van der Waals surface area (Å²) in [6, 6.07) is 0. The van der Waals surface area contributed by atoms with Gasteiger partial charge in [0.05, 0.1) is 12.2 Å². The number of aliphatic hydroxyl groups is 3. The van der Waals surface area contributed by atoms with E-state index in [1.807, 2.05) is 12.2 Å². The fraction of sp³-hybridized carbons (Fsp3) is 0.696. The Morgan fingerprint density at radius 3 is 2.57 bits per heavy atom. The van der Waals surface area contributed by atoms with Gasteiger partial charge in [0.25, 0.3) is 0 Å². The van der Waals surface area contributed by atoms with Crippen molar-refractivity contribution in [1.29, 1.82) is 0 Å². The van der Waals surface area contributed by atoms with Gasteiger partial charge in [-0.05, 0) is 44.1 Å². The van der Waals surface area contributed by atoms with Crippen LogP contribution in [0.2, 0.25) is 0 Å². The molecule has 0 aromatic rings. The van der Waals surface area contributed by atoms with Gasteiger partial charge in [0, 0.05) is 24.7 Å². The average molecular weight is 391 g/mol. The molecule has 156 valence electrons. The first kappa shape index (κ1) is 22.7. The van der Waals surface area contributed by atoms with Gasteiger partial charge in [-0.2, -0.15) is 0 Å². The molecule has 0 aliphatic heterocycles. The van der Waals surface area contributed by atoms with E-state index in [0.717, 1.165) is 12.8 Å². The smallest absolute Gasteiger partial charge is 0.303 e. The van der Waals surface area contributed by atoms with Gasteiger partial charge in [-0.1, -0.05) is 49.3 Å². The second kappa shape index (κ2) is 12.1. The summed E-state index contributed by atoms with van der Waals surface area (Å²) in [5, 5.41) is 39.3. The van der Waals surface area contributed by atoms with Gasteiger partial charge < -0.3 is 20.4 Å². The quantitative estimate of drug-likeness (QED) is 0.290. The molecule has 5 nitrogen and oxygen atoms in total. The predicted molar refractivity (Wildman–Crippen MR) is 108 cm³/mol. The molecule has 2 fully saturated rings. The topological polar surface area (TPSA) is 98.0 Å². The minimum absolute atomic E-state index is 0.111. The highest BCUT2D eigenvalue weighted by atomic mass is 16.4. The summed E-state index contributed by atoms with van der Waals surface area (Å²) < 4.78 is 0. The number of allylic oxidation sites excluding steroid dienone is 2. The Labute approximate surface area is 168 Å². The number of carboxylic acids is 1. The number of aliphatic hydroxyl groups excluding tert-OH is 3. The Kier molecular flexibility index (Phi) is 9.77. The van der Waals surface area contributed by atoms with Gasteiger partial charge in [0.1, 0.15) is 6.10 Å². The van der Waals surface area contributed by atoms with Gasteiger partial charge in [0.2, 0.25) is 0 Å². The van der Waals surface area contributed by atoms with Crippen molar-refractivity contribution in [3.63, 3.8) is 0 Å². The molecule has 0 spiro atoms. The van der Waals surface area contributed by atoms with E-state index in [4.69, 9.17) is 5.11 Å². The molecule has 0 heterocycles. The van der Waals surface area contributed by atoms with Crippen molar-refractivity contribution in [3.05, 3.63) is 24.3 Å². The van der Waals surface area contributed by atoms with E-state index < -0.39 is 24.3 Å². The lowest BCUT2D eigenvalue weighted by molar-refractivity contribution is -0.137. The van der Waals surface area contributed by atoms with Crippen molar-refractivity contribution in [1.82, 2.24) is 0 Å². The van der Waals surface area contributed by atoms with Gasteiger partial charge in [0.15, 0.2) is 0 Å². The number of hydrogen-bond acceptors (Lipinski definition) is 4. The molecule has 2 aliphatic carbocycles. The van der Waals surface area contributed by atoms with Gasteiger partial charge in [-0.15, -0.1) is 0 Å². The van der Waals surface area contributed by atoms with Crippen LogP contribution in [0.25, 0.3) is 0 Å². The van der Waals surface area contributed by atoms with Crippen LogP contribution in [0.5, 0.6) is 0 Å². The molecule has 2 saturated carbocycles. The molecule has 0 bridgehead atoms. The van der Waals surface area contributed by atoms with E-state index in [-0.39, 0.29) is 18.3 Å². The van der Waals surface area contributed by atoms with Crippen LogP contribution in [0.4, 0.5) is 0 Å². The van der Waals surface area contributed by atoms with Crippen molar-refractivity contribution < 1.29 is 25.2 Å². The lowest BCUT2D eigenvalue weighted by Gasteiger charge is -2.19. The minimum Gasteiger partial charge on any atom is -0.481 e. The van der Waals surface area contributed by atoms with Crippen molar-refractivity contribution in [2.24, 2.45) is 17.8 Å². The maximum atomic E-state index is 10.5. The van der Waals surface area contributed by atoms with Crippen molar-refractivity contribution >= 4 is 5.97 Å². The van der Waals surface area contributed by atoms with Crippen molar-refractivity contribution in [3.8, 4) is 11.8 Å². The Morgan fingerprint density at radius 1 is 1.11 bits per heavy atom. The molecule has 2 aliphatic rings. The van der Waals surface area contributed by atoms with Gasteiger partial charge in [-0.25, -0.2) is 0 Å². The first-order valence-electron chi connectivity index (χ1n) is 10.6. The highest BCUT2D eigenvalue weighted by molar-refractivity contribution is 5.66. The fourth-order valence-electron chi connectivity index (χ4n) is 4.18. The standard InChI is InChI=1S/C23H34O5/c24-18(13-12-17-8-4-3-5-9-17)14-15-20-19(21(25)16-22(20)26)10-6-1-2-7-11-23(27)28/h1,6,14-15,17-22,24-26H,2-5,7-11,16H2,(H,27,28)/b6-1-,15-14+/t18-,19+,20+,21-,22+/m0/s1. The zero-order valence-corrected chi connectivity index (χ0v) is 16.5. The molecule has 0 saturated heterocycles. The van der Waals surface area contributed by atoms with E-state index in [2.05, 4.69) is 11.8 Å². The van der Waals surface area contributed by atoms with Crippen LogP contribution in [0, 0.1) is 29.6 Å². The maximum Gasteiger partial charge on any atom is 0.303 e. The summed E-state index contributed by atoms with van der Waals surface area (Å²) >= 11 is 0. The summed E-state index contributed by atoms with van der Waals surface area (Å²) in [6.07, 6.45) is 13.5. The molecular formula is C23H34O5. The van der Waals surface area contributed by atoms with Crippen LogP contribution >= 0.6 is 0 Å². The third kappa shape index (κ3) is 7.79. The summed E-state index contributed by atoms with van der Waals surface area (Å²) in [4.78, 5) is 10.5. The second-order valence-electron chi connectivity index (χ2n) is 8.06. The summed E-state index contributed by atoms with van der Waals surface area (Å²) in [5.74, 6) is 5.34. The zero-order chi connectivity index (χ0) is 20.4. The van der Waals surface area contributed by atoms with Gasteiger partial charge in [-0.3, -0.25) is 4.79 Å². The normalized spacial score (nSPS) is 29.8. The molecule has 0 aromatic carbocycles. The van der Waals surface area contributed by atoms with E-state index in [1.165, 1.54) is 19.3 Å². The maximum absolute atomic E-state index is 10.5. The highest BCUT2D eigenvalue weighted by Crippen LogP contribution is 2.36. The van der Waals surface area contributed by atoms with E-state index in [1.54, 1.807) is 12.2 Å². The number of unbranched alkanes of at least 4 members (excludes halogenated alkanes) is 1. The van der Waals surface area contributed by atoms with Crippen molar-refractivity contribution in [2.75, 3.05) is 0 Å². The largest absolute Gasteiger partial charge is 0.481 e. The molecule has 0 radical (unpaired) electrons. The number of aliphatic carboxylic acids is 1. The number of carbonyl (C=O) groups is 1. The Morgan fingerprint density at radius 2 is 1.86 bits per heavy atom. The van der Waals surface area contributed by atoms with Crippen LogP contribution < -0.4 is 0 Å². The summed E-state index contributed by atoms with van der Waals surface area (Å²) in [5.41, 5.74) is 0. The molecule has 0 aromatic heterocycles. The Hall–Kier alpha value is -1.61. The number of rotatable bonds is 8. The van der Waals surface area contributed by atoms with E-state index in [0.29, 0.717) is 31.6 Å². The Balaban J connectivity index is 1.84.